The standard InChI is InChI=1S/C18H20N4OS.HI/c1-13(16-9-6-10-24-16)21-18(19-2)20-11-15-12-23-17(22-15)14-7-4-3-5-8-14;/h3-10,12-13H,11H2,1-2H3,(H2,19,20,21);1H. The lowest BCUT2D eigenvalue weighted by atomic mass is 10.2. The fraction of sp³-hybridized carbons (Fsp3) is 0.222. The smallest absolute Gasteiger partial charge is 0.226 e. The summed E-state index contributed by atoms with van der Waals surface area (Å²) in [5, 5.41) is 8.71. The number of aliphatic imine (C=N–C) groups is 1. The van der Waals surface area contributed by atoms with Gasteiger partial charge in [-0.1, -0.05) is 24.3 Å². The highest BCUT2D eigenvalue weighted by Gasteiger charge is 2.10. The molecule has 0 aliphatic heterocycles. The normalized spacial score (nSPS) is 12.3. The van der Waals surface area contributed by atoms with Crippen LogP contribution in [0.15, 0.2) is 63.5 Å². The Kier molecular flexibility index (Phi) is 7.45. The van der Waals surface area contributed by atoms with Gasteiger partial charge < -0.3 is 15.1 Å². The molecule has 1 aromatic carbocycles. The van der Waals surface area contributed by atoms with Gasteiger partial charge in [-0.25, -0.2) is 4.98 Å². The Morgan fingerprint density at radius 2 is 2.04 bits per heavy atom. The van der Waals surface area contributed by atoms with Gasteiger partial charge in [-0.05, 0) is 30.5 Å². The summed E-state index contributed by atoms with van der Waals surface area (Å²) < 4.78 is 5.55. The van der Waals surface area contributed by atoms with Gasteiger partial charge in [-0.3, -0.25) is 4.99 Å². The van der Waals surface area contributed by atoms with Crippen molar-refractivity contribution in [3.05, 3.63) is 64.7 Å². The van der Waals surface area contributed by atoms with Gasteiger partial charge in [0.05, 0.1) is 18.3 Å². The van der Waals surface area contributed by atoms with Crippen LogP contribution in [0.2, 0.25) is 0 Å². The molecule has 0 fully saturated rings. The summed E-state index contributed by atoms with van der Waals surface area (Å²) in [4.78, 5) is 10.0. The first-order valence-electron chi connectivity index (χ1n) is 7.76. The highest BCUT2D eigenvalue weighted by atomic mass is 127. The van der Waals surface area contributed by atoms with Crippen molar-refractivity contribution in [3.63, 3.8) is 0 Å². The van der Waals surface area contributed by atoms with Crippen molar-refractivity contribution in [2.75, 3.05) is 7.05 Å². The lowest BCUT2D eigenvalue weighted by Gasteiger charge is -2.16. The van der Waals surface area contributed by atoms with Crippen LogP contribution in [0.3, 0.4) is 0 Å². The summed E-state index contributed by atoms with van der Waals surface area (Å²) in [7, 11) is 1.76. The summed E-state index contributed by atoms with van der Waals surface area (Å²) in [6.45, 7) is 2.66. The van der Waals surface area contributed by atoms with Gasteiger partial charge in [-0.2, -0.15) is 0 Å². The zero-order valence-corrected chi connectivity index (χ0v) is 17.2. The second-order valence-corrected chi connectivity index (χ2v) is 6.30. The summed E-state index contributed by atoms with van der Waals surface area (Å²) >= 11 is 1.73. The van der Waals surface area contributed by atoms with E-state index in [1.54, 1.807) is 24.6 Å². The monoisotopic (exact) mass is 468 g/mol. The van der Waals surface area contributed by atoms with E-state index in [1.807, 2.05) is 30.3 Å². The third-order valence-corrected chi connectivity index (χ3v) is 4.61. The van der Waals surface area contributed by atoms with Crippen molar-refractivity contribution in [1.29, 1.82) is 0 Å². The number of aromatic nitrogens is 1. The van der Waals surface area contributed by atoms with Gasteiger partial charge in [0.1, 0.15) is 6.26 Å². The van der Waals surface area contributed by atoms with Crippen molar-refractivity contribution in [2.45, 2.75) is 19.5 Å². The summed E-state index contributed by atoms with van der Waals surface area (Å²) in [6.07, 6.45) is 1.67. The van der Waals surface area contributed by atoms with Gasteiger partial charge >= 0.3 is 0 Å². The number of guanidine groups is 1. The number of nitrogens with zero attached hydrogens (tertiary/aromatic N) is 2. The Bertz CT molecular complexity index is 787. The first kappa shape index (κ1) is 19.5. The number of nitrogens with one attached hydrogen (secondary N) is 2. The maximum Gasteiger partial charge on any atom is 0.226 e. The minimum Gasteiger partial charge on any atom is -0.444 e. The van der Waals surface area contributed by atoms with Crippen LogP contribution in [-0.2, 0) is 6.54 Å². The van der Waals surface area contributed by atoms with Crippen LogP contribution in [0.5, 0.6) is 0 Å². The highest BCUT2D eigenvalue weighted by Crippen LogP contribution is 2.19. The maximum absolute atomic E-state index is 5.55. The molecular weight excluding hydrogens is 447 g/mol. The Labute approximate surface area is 168 Å². The first-order valence-corrected chi connectivity index (χ1v) is 8.64. The minimum absolute atomic E-state index is 0. The summed E-state index contributed by atoms with van der Waals surface area (Å²) in [5.41, 5.74) is 1.80. The topological polar surface area (TPSA) is 62.5 Å². The second-order valence-electron chi connectivity index (χ2n) is 5.32. The first-order chi connectivity index (χ1) is 11.8. The van der Waals surface area contributed by atoms with E-state index in [9.17, 15) is 0 Å². The molecule has 25 heavy (non-hydrogen) atoms. The van der Waals surface area contributed by atoms with Crippen molar-refractivity contribution in [2.24, 2.45) is 4.99 Å². The molecule has 0 saturated heterocycles. The number of halogens is 1. The number of oxazole rings is 1. The van der Waals surface area contributed by atoms with Crippen molar-refractivity contribution >= 4 is 41.3 Å². The second kappa shape index (κ2) is 9.57. The molecule has 3 aromatic rings. The Hall–Kier alpha value is -1.87. The van der Waals surface area contributed by atoms with Gasteiger partial charge in [0.2, 0.25) is 5.89 Å². The number of hydrogen-bond acceptors (Lipinski definition) is 4. The van der Waals surface area contributed by atoms with Crippen LogP contribution in [0.25, 0.3) is 11.5 Å². The Morgan fingerprint density at radius 3 is 2.72 bits per heavy atom. The van der Waals surface area contributed by atoms with E-state index in [1.165, 1.54) is 4.88 Å². The molecule has 7 heteroatoms. The lowest BCUT2D eigenvalue weighted by Crippen LogP contribution is -2.38. The van der Waals surface area contributed by atoms with Crippen LogP contribution < -0.4 is 10.6 Å². The minimum atomic E-state index is 0. The third-order valence-electron chi connectivity index (χ3n) is 3.56. The van der Waals surface area contributed by atoms with E-state index in [0.29, 0.717) is 12.4 Å². The van der Waals surface area contributed by atoms with Gasteiger partial charge in [-0.15, -0.1) is 35.3 Å². The molecule has 1 unspecified atom stereocenters. The molecule has 3 rings (SSSR count). The number of thiophene rings is 1. The quantitative estimate of drug-likeness (QED) is 0.330. The number of hydrogen-bond donors (Lipinski definition) is 2. The number of benzene rings is 1. The Morgan fingerprint density at radius 1 is 1.24 bits per heavy atom. The molecule has 132 valence electrons. The molecule has 0 bridgehead atoms. The van der Waals surface area contributed by atoms with Gasteiger partial charge in [0.15, 0.2) is 5.96 Å². The van der Waals surface area contributed by atoms with E-state index < -0.39 is 0 Å². The molecule has 2 heterocycles. The molecule has 0 saturated carbocycles. The van der Waals surface area contributed by atoms with E-state index in [-0.39, 0.29) is 30.0 Å². The Balaban J connectivity index is 0.00000225. The average Bonchev–Trinajstić information content (AvgIpc) is 3.31. The van der Waals surface area contributed by atoms with Gasteiger partial charge in [0, 0.05) is 17.5 Å². The molecule has 0 aliphatic carbocycles. The molecular formula is C18H21IN4OS. The molecule has 0 radical (unpaired) electrons. The zero-order chi connectivity index (χ0) is 16.8. The fourth-order valence-electron chi connectivity index (χ4n) is 2.28. The summed E-state index contributed by atoms with van der Waals surface area (Å²) in [6, 6.07) is 14.2. The van der Waals surface area contributed by atoms with Crippen LogP contribution in [-0.4, -0.2) is 18.0 Å². The predicted octanol–water partition coefficient (Wildman–Crippen LogP) is 4.45. The van der Waals surface area contributed by atoms with Crippen molar-refractivity contribution in [1.82, 2.24) is 15.6 Å². The lowest BCUT2D eigenvalue weighted by molar-refractivity contribution is 0.572. The van der Waals surface area contributed by atoms with E-state index in [0.717, 1.165) is 17.2 Å². The molecule has 0 spiro atoms. The van der Waals surface area contributed by atoms with Crippen LogP contribution >= 0.6 is 35.3 Å². The van der Waals surface area contributed by atoms with Crippen LogP contribution in [0.4, 0.5) is 0 Å². The van der Waals surface area contributed by atoms with E-state index in [4.69, 9.17) is 4.42 Å². The van der Waals surface area contributed by atoms with Gasteiger partial charge in [0.25, 0.3) is 0 Å². The SMILES string of the molecule is CN=C(NCc1coc(-c2ccccc2)n1)NC(C)c1cccs1.I. The maximum atomic E-state index is 5.55. The third kappa shape index (κ3) is 5.30. The highest BCUT2D eigenvalue weighted by molar-refractivity contribution is 14.0. The molecule has 0 aliphatic rings. The fourth-order valence-corrected chi connectivity index (χ4v) is 3.02. The average molecular weight is 468 g/mol. The molecule has 2 aromatic heterocycles. The largest absolute Gasteiger partial charge is 0.444 e. The van der Waals surface area contributed by atoms with E-state index >= 15 is 0 Å². The molecule has 2 N–H and O–H groups in total. The summed E-state index contributed by atoms with van der Waals surface area (Å²) in [5.74, 6) is 1.36. The molecule has 0 amide bonds. The van der Waals surface area contributed by atoms with Crippen LogP contribution in [0, 0.1) is 0 Å². The number of rotatable bonds is 5. The van der Waals surface area contributed by atoms with Crippen molar-refractivity contribution < 1.29 is 4.42 Å². The predicted molar refractivity (Wildman–Crippen MR) is 113 cm³/mol. The van der Waals surface area contributed by atoms with Crippen LogP contribution in [0.1, 0.15) is 23.5 Å². The zero-order valence-electron chi connectivity index (χ0n) is 14.1. The molecule has 5 nitrogen and oxygen atoms in total. The van der Waals surface area contributed by atoms with E-state index in [2.05, 4.69) is 45.0 Å². The van der Waals surface area contributed by atoms with Crippen molar-refractivity contribution in [3.8, 4) is 11.5 Å². The molecule has 1 atom stereocenters.